The molecule has 1 aliphatic rings. The van der Waals surface area contributed by atoms with E-state index in [0.717, 1.165) is 35.7 Å². The quantitative estimate of drug-likeness (QED) is 0.859. The second kappa shape index (κ2) is 7.49. The van der Waals surface area contributed by atoms with Crippen LogP contribution in [0.4, 0.5) is 0 Å². The summed E-state index contributed by atoms with van der Waals surface area (Å²) < 4.78 is 0. The van der Waals surface area contributed by atoms with E-state index in [0.29, 0.717) is 6.54 Å². The fourth-order valence-corrected chi connectivity index (χ4v) is 4.40. The SMILES string of the molecule is C[C@H]1CCc2sc(C(=O)NCc3ccc(C[NH+](C)C)cc3)cc2C1. The van der Waals surface area contributed by atoms with E-state index in [2.05, 4.69) is 56.7 Å². The lowest BCUT2D eigenvalue weighted by Gasteiger charge is -2.16. The average molecular weight is 344 g/mol. The maximum atomic E-state index is 12.4. The van der Waals surface area contributed by atoms with Crippen LogP contribution in [0.3, 0.4) is 0 Å². The third kappa shape index (κ3) is 4.25. The topological polar surface area (TPSA) is 33.5 Å². The van der Waals surface area contributed by atoms with E-state index < -0.39 is 0 Å². The number of nitrogens with one attached hydrogen (secondary N) is 2. The van der Waals surface area contributed by atoms with Crippen molar-refractivity contribution in [3.8, 4) is 0 Å². The van der Waals surface area contributed by atoms with Gasteiger partial charge in [0, 0.05) is 17.0 Å². The molecule has 1 aromatic carbocycles. The van der Waals surface area contributed by atoms with Gasteiger partial charge in [0.15, 0.2) is 0 Å². The Morgan fingerprint density at radius 2 is 1.96 bits per heavy atom. The second-order valence-electron chi connectivity index (χ2n) is 7.29. The molecule has 0 aliphatic heterocycles. The molecule has 3 nitrogen and oxygen atoms in total. The summed E-state index contributed by atoms with van der Waals surface area (Å²) >= 11 is 1.68. The number of benzene rings is 1. The van der Waals surface area contributed by atoms with Crippen LogP contribution in [0.15, 0.2) is 30.3 Å². The van der Waals surface area contributed by atoms with Gasteiger partial charge in [-0.2, -0.15) is 0 Å². The van der Waals surface area contributed by atoms with Gasteiger partial charge in [0.2, 0.25) is 0 Å². The molecule has 0 radical (unpaired) electrons. The molecule has 24 heavy (non-hydrogen) atoms. The lowest BCUT2D eigenvalue weighted by atomic mass is 9.90. The van der Waals surface area contributed by atoms with Crippen molar-refractivity contribution < 1.29 is 9.69 Å². The molecule has 4 heteroatoms. The van der Waals surface area contributed by atoms with Crippen LogP contribution in [0.5, 0.6) is 0 Å². The largest absolute Gasteiger partial charge is 0.347 e. The van der Waals surface area contributed by atoms with Gasteiger partial charge in [-0.15, -0.1) is 11.3 Å². The summed E-state index contributed by atoms with van der Waals surface area (Å²) in [5.41, 5.74) is 3.86. The highest BCUT2D eigenvalue weighted by molar-refractivity contribution is 7.14. The van der Waals surface area contributed by atoms with E-state index in [1.54, 1.807) is 11.3 Å². The van der Waals surface area contributed by atoms with Crippen LogP contribution >= 0.6 is 11.3 Å². The molecule has 0 unspecified atom stereocenters. The molecular formula is C20H27N2OS+. The Kier molecular flexibility index (Phi) is 5.36. The average Bonchev–Trinajstić information content (AvgIpc) is 2.96. The molecule has 1 aliphatic carbocycles. The lowest BCUT2D eigenvalue weighted by Crippen LogP contribution is -3.04. The first-order valence-electron chi connectivity index (χ1n) is 8.78. The summed E-state index contributed by atoms with van der Waals surface area (Å²) in [6, 6.07) is 10.6. The summed E-state index contributed by atoms with van der Waals surface area (Å²) in [6.45, 7) is 3.90. The van der Waals surface area contributed by atoms with Gasteiger partial charge in [0.25, 0.3) is 5.91 Å². The summed E-state index contributed by atoms with van der Waals surface area (Å²) in [6.07, 6.45) is 3.49. The normalized spacial score (nSPS) is 16.9. The molecule has 2 aromatic rings. The van der Waals surface area contributed by atoms with Crippen molar-refractivity contribution in [1.29, 1.82) is 0 Å². The van der Waals surface area contributed by atoms with Crippen LogP contribution in [-0.2, 0) is 25.9 Å². The Bertz CT molecular complexity index is 703. The molecule has 2 N–H and O–H groups in total. The van der Waals surface area contributed by atoms with Gasteiger partial charge < -0.3 is 10.2 Å². The first-order chi connectivity index (χ1) is 11.5. The van der Waals surface area contributed by atoms with Gasteiger partial charge >= 0.3 is 0 Å². The van der Waals surface area contributed by atoms with Crippen LogP contribution in [-0.4, -0.2) is 20.0 Å². The first kappa shape index (κ1) is 17.2. The van der Waals surface area contributed by atoms with E-state index in [1.165, 1.54) is 27.3 Å². The number of fused-ring (bicyclic) bond motifs is 1. The third-order valence-corrected chi connectivity index (χ3v) is 5.82. The van der Waals surface area contributed by atoms with Gasteiger partial charge in [-0.3, -0.25) is 4.79 Å². The predicted octanol–water partition coefficient (Wildman–Crippen LogP) is 2.45. The van der Waals surface area contributed by atoms with Crippen molar-refractivity contribution in [1.82, 2.24) is 5.32 Å². The summed E-state index contributed by atoms with van der Waals surface area (Å²) in [5.74, 6) is 0.800. The molecule has 0 bridgehead atoms. The molecule has 1 aromatic heterocycles. The highest BCUT2D eigenvalue weighted by Gasteiger charge is 2.20. The van der Waals surface area contributed by atoms with Crippen molar-refractivity contribution in [2.24, 2.45) is 5.92 Å². The Morgan fingerprint density at radius 3 is 2.67 bits per heavy atom. The summed E-state index contributed by atoms with van der Waals surface area (Å²) in [5, 5.41) is 3.06. The first-order valence-corrected chi connectivity index (χ1v) is 9.59. The van der Waals surface area contributed by atoms with Crippen molar-refractivity contribution in [2.45, 2.75) is 39.3 Å². The Hall–Kier alpha value is -1.65. The smallest absolute Gasteiger partial charge is 0.261 e. The van der Waals surface area contributed by atoms with Crippen LogP contribution < -0.4 is 10.2 Å². The van der Waals surface area contributed by atoms with Gasteiger partial charge in [0.05, 0.1) is 19.0 Å². The molecule has 1 heterocycles. The lowest BCUT2D eigenvalue weighted by molar-refractivity contribution is -0.872. The zero-order valence-corrected chi connectivity index (χ0v) is 15.6. The molecule has 0 saturated heterocycles. The molecule has 128 valence electrons. The number of thiophene rings is 1. The number of quaternary nitrogens is 1. The standard InChI is InChI=1S/C20H26N2OS/c1-14-4-9-18-17(10-14)11-19(24-18)20(23)21-12-15-5-7-16(8-6-15)13-22(2)3/h5-8,11,14H,4,9-10,12-13H2,1-3H3,(H,21,23)/p+1/t14-/m0/s1. The van der Waals surface area contributed by atoms with Crippen molar-refractivity contribution in [3.05, 3.63) is 56.8 Å². The zero-order chi connectivity index (χ0) is 17.1. The molecule has 0 spiro atoms. The van der Waals surface area contributed by atoms with Crippen molar-refractivity contribution in [2.75, 3.05) is 14.1 Å². The minimum atomic E-state index is 0.0591. The number of carbonyl (C=O) groups excluding carboxylic acids is 1. The number of carbonyl (C=O) groups is 1. The third-order valence-electron chi connectivity index (χ3n) is 4.59. The number of hydrogen-bond donors (Lipinski definition) is 2. The number of rotatable bonds is 5. The molecular weight excluding hydrogens is 316 g/mol. The van der Waals surface area contributed by atoms with E-state index in [-0.39, 0.29) is 5.91 Å². The molecule has 3 rings (SSSR count). The fourth-order valence-electron chi connectivity index (χ4n) is 3.27. The minimum Gasteiger partial charge on any atom is -0.347 e. The molecule has 1 atom stereocenters. The Labute approximate surface area is 148 Å². The van der Waals surface area contributed by atoms with Crippen molar-refractivity contribution in [3.63, 3.8) is 0 Å². The maximum absolute atomic E-state index is 12.4. The van der Waals surface area contributed by atoms with E-state index in [4.69, 9.17) is 0 Å². The monoisotopic (exact) mass is 343 g/mol. The Morgan fingerprint density at radius 1 is 1.25 bits per heavy atom. The van der Waals surface area contributed by atoms with Gasteiger partial charge in [-0.25, -0.2) is 0 Å². The summed E-state index contributed by atoms with van der Waals surface area (Å²) in [7, 11) is 4.30. The highest BCUT2D eigenvalue weighted by atomic mass is 32.1. The predicted molar refractivity (Wildman–Crippen MR) is 99.6 cm³/mol. The summed E-state index contributed by atoms with van der Waals surface area (Å²) in [4.78, 5) is 16.1. The van der Waals surface area contributed by atoms with Crippen LogP contribution in [0, 0.1) is 5.92 Å². The second-order valence-corrected chi connectivity index (χ2v) is 8.43. The van der Waals surface area contributed by atoms with Crippen LogP contribution in [0.2, 0.25) is 0 Å². The number of amides is 1. The fraction of sp³-hybridized carbons (Fsp3) is 0.450. The van der Waals surface area contributed by atoms with Gasteiger partial charge in [0.1, 0.15) is 6.54 Å². The maximum Gasteiger partial charge on any atom is 0.261 e. The Balaban J connectivity index is 1.57. The molecule has 1 amide bonds. The van der Waals surface area contributed by atoms with Crippen molar-refractivity contribution >= 4 is 17.2 Å². The molecule has 0 saturated carbocycles. The van der Waals surface area contributed by atoms with Crippen LogP contribution in [0.1, 0.15) is 44.6 Å². The van der Waals surface area contributed by atoms with Gasteiger partial charge in [-0.1, -0.05) is 31.2 Å². The zero-order valence-electron chi connectivity index (χ0n) is 14.8. The van der Waals surface area contributed by atoms with Gasteiger partial charge in [-0.05, 0) is 42.4 Å². The van der Waals surface area contributed by atoms with E-state index in [9.17, 15) is 4.79 Å². The highest BCUT2D eigenvalue weighted by Crippen LogP contribution is 2.32. The molecule has 0 fully saturated rings. The number of hydrogen-bond acceptors (Lipinski definition) is 2. The number of aryl methyl sites for hydroxylation is 1. The minimum absolute atomic E-state index is 0.0591. The van der Waals surface area contributed by atoms with E-state index >= 15 is 0 Å². The van der Waals surface area contributed by atoms with E-state index in [1.807, 2.05) is 0 Å². The van der Waals surface area contributed by atoms with Crippen LogP contribution in [0.25, 0.3) is 0 Å².